The monoisotopic (exact) mass is 521 g/mol. The molecule has 0 aromatic heterocycles. The van der Waals surface area contributed by atoms with E-state index in [1.807, 2.05) is 72.9 Å². The van der Waals surface area contributed by atoms with Gasteiger partial charge in [-0.1, -0.05) is 62.2 Å². The van der Waals surface area contributed by atoms with Crippen molar-refractivity contribution in [3.8, 4) is 5.75 Å². The van der Waals surface area contributed by atoms with E-state index in [4.69, 9.17) is 4.74 Å². The summed E-state index contributed by atoms with van der Waals surface area (Å²) < 4.78 is 8.96. The highest BCUT2D eigenvalue weighted by molar-refractivity contribution is 9.11. The van der Waals surface area contributed by atoms with Crippen molar-refractivity contribution >= 4 is 59.7 Å². The van der Waals surface area contributed by atoms with E-state index < -0.39 is 0 Å². The fourth-order valence-corrected chi connectivity index (χ4v) is 3.86. The highest BCUT2D eigenvalue weighted by Gasteiger charge is 2.09. The van der Waals surface area contributed by atoms with Crippen molar-refractivity contribution in [2.75, 3.05) is 0 Å². The molecule has 0 radical (unpaired) electrons. The van der Waals surface area contributed by atoms with Gasteiger partial charge in [-0.3, -0.25) is 4.99 Å². The maximum Gasteiger partial charge on any atom is 0.142 e. The molecule has 0 fully saturated rings. The first-order valence-corrected chi connectivity index (χ1v) is 9.95. The van der Waals surface area contributed by atoms with Gasteiger partial charge in [0.25, 0.3) is 0 Å². The third-order valence-electron chi connectivity index (χ3n) is 3.44. The summed E-state index contributed by atoms with van der Waals surface area (Å²) in [5.74, 6) is 0.769. The predicted molar refractivity (Wildman–Crippen MR) is 114 cm³/mol. The van der Waals surface area contributed by atoms with E-state index in [9.17, 15) is 0 Å². The van der Waals surface area contributed by atoms with E-state index in [2.05, 4.69) is 52.8 Å². The molecule has 0 amide bonds. The van der Waals surface area contributed by atoms with Gasteiger partial charge in [-0.25, -0.2) is 0 Å². The molecule has 0 bridgehead atoms. The van der Waals surface area contributed by atoms with Crippen LogP contribution >= 0.6 is 47.8 Å². The Balaban J connectivity index is 1.84. The molecule has 3 aromatic rings. The Hall–Kier alpha value is -1.43. The number of halogens is 3. The van der Waals surface area contributed by atoms with Crippen LogP contribution in [-0.4, -0.2) is 6.21 Å². The van der Waals surface area contributed by atoms with Crippen LogP contribution in [0.3, 0.4) is 0 Å². The van der Waals surface area contributed by atoms with Crippen LogP contribution in [0.15, 0.2) is 85.1 Å². The van der Waals surface area contributed by atoms with Gasteiger partial charge in [0, 0.05) is 20.7 Å². The molecule has 3 aromatic carbocycles. The fraction of sp³-hybridized carbons (Fsp3) is 0.0500. The van der Waals surface area contributed by atoms with Gasteiger partial charge in [-0.15, -0.1) is 0 Å². The summed E-state index contributed by atoms with van der Waals surface area (Å²) in [4.78, 5) is 4.53. The van der Waals surface area contributed by atoms with Crippen molar-refractivity contribution in [1.82, 2.24) is 0 Å². The van der Waals surface area contributed by atoms with Gasteiger partial charge in [-0.05, 0) is 57.9 Å². The summed E-state index contributed by atoms with van der Waals surface area (Å²) >= 11 is 10.6. The van der Waals surface area contributed by atoms with Crippen LogP contribution in [0.4, 0.5) is 5.69 Å². The third kappa shape index (κ3) is 5.27. The summed E-state index contributed by atoms with van der Waals surface area (Å²) in [6.45, 7) is 0.486. The summed E-state index contributed by atoms with van der Waals surface area (Å²) in [5.41, 5.74) is 2.91. The van der Waals surface area contributed by atoms with Crippen molar-refractivity contribution in [1.29, 1.82) is 0 Å². The van der Waals surface area contributed by atoms with Gasteiger partial charge in [0.15, 0.2) is 0 Å². The van der Waals surface area contributed by atoms with E-state index in [0.717, 1.165) is 36.0 Å². The van der Waals surface area contributed by atoms with Crippen molar-refractivity contribution in [2.24, 2.45) is 4.99 Å². The maximum atomic E-state index is 6.06. The summed E-state index contributed by atoms with van der Waals surface area (Å²) in [6.07, 6.45) is 1.82. The zero-order valence-corrected chi connectivity index (χ0v) is 17.9. The van der Waals surface area contributed by atoms with E-state index in [1.54, 1.807) is 0 Å². The first kappa shape index (κ1) is 18.4. The standard InChI is InChI=1S/C20H14Br3NO/c21-16-8-6-14(7-9-16)13-25-20-15(10-17(22)11-19(20)23)12-24-18-4-2-1-3-5-18/h1-12H,13H2. The maximum absolute atomic E-state index is 6.06. The lowest BCUT2D eigenvalue weighted by Gasteiger charge is -2.12. The molecule has 2 nitrogen and oxygen atoms in total. The molecule has 0 saturated carbocycles. The van der Waals surface area contributed by atoms with Crippen LogP contribution in [0.2, 0.25) is 0 Å². The number of nitrogens with zero attached hydrogens (tertiary/aromatic N) is 1. The molecule has 5 heteroatoms. The third-order valence-corrected chi connectivity index (χ3v) is 5.02. The zero-order chi connectivity index (χ0) is 17.6. The van der Waals surface area contributed by atoms with Crippen LogP contribution < -0.4 is 4.74 Å². The number of ether oxygens (including phenoxy) is 1. The van der Waals surface area contributed by atoms with E-state index in [-0.39, 0.29) is 0 Å². The lowest BCUT2D eigenvalue weighted by atomic mass is 10.2. The average molecular weight is 524 g/mol. The number of benzene rings is 3. The Labute approximate surface area is 172 Å². The SMILES string of the molecule is Brc1ccc(COc2c(Br)cc(Br)cc2C=Nc2ccccc2)cc1. The van der Waals surface area contributed by atoms with Gasteiger partial charge < -0.3 is 4.74 Å². The molecule has 0 N–H and O–H groups in total. The Morgan fingerprint density at radius 1 is 0.840 bits per heavy atom. The van der Waals surface area contributed by atoms with Crippen molar-refractivity contribution in [3.63, 3.8) is 0 Å². The summed E-state index contributed by atoms with van der Waals surface area (Å²) in [7, 11) is 0. The first-order valence-electron chi connectivity index (χ1n) is 7.57. The van der Waals surface area contributed by atoms with Gasteiger partial charge in [0.05, 0.1) is 10.2 Å². The van der Waals surface area contributed by atoms with Gasteiger partial charge >= 0.3 is 0 Å². The number of para-hydroxylation sites is 1. The second-order valence-electron chi connectivity index (χ2n) is 5.31. The lowest BCUT2D eigenvalue weighted by Crippen LogP contribution is -1.99. The highest BCUT2D eigenvalue weighted by atomic mass is 79.9. The minimum atomic E-state index is 0.486. The van der Waals surface area contributed by atoms with E-state index in [0.29, 0.717) is 6.61 Å². The van der Waals surface area contributed by atoms with E-state index in [1.165, 1.54) is 0 Å². The largest absolute Gasteiger partial charge is 0.487 e. The van der Waals surface area contributed by atoms with Crippen LogP contribution in [0.1, 0.15) is 11.1 Å². The molecular weight excluding hydrogens is 510 g/mol. The Bertz CT molecular complexity index is 877. The van der Waals surface area contributed by atoms with Crippen LogP contribution in [0, 0.1) is 0 Å². The Morgan fingerprint density at radius 2 is 1.56 bits per heavy atom. The minimum Gasteiger partial charge on any atom is -0.487 e. The molecule has 0 aliphatic rings. The molecule has 3 rings (SSSR count). The molecular formula is C20H14Br3NO. The van der Waals surface area contributed by atoms with Crippen molar-refractivity contribution < 1.29 is 4.74 Å². The molecule has 0 aliphatic heterocycles. The normalized spacial score (nSPS) is 11.0. The second-order valence-corrected chi connectivity index (χ2v) is 8.00. The van der Waals surface area contributed by atoms with Crippen molar-refractivity contribution in [2.45, 2.75) is 6.61 Å². The Kier molecular flexibility index (Phi) is 6.45. The van der Waals surface area contributed by atoms with Crippen LogP contribution in [-0.2, 0) is 6.61 Å². The predicted octanol–water partition coefficient (Wildman–Crippen LogP) is 7.30. The minimum absolute atomic E-state index is 0.486. The zero-order valence-electron chi connectivity index (χ0n) is 13.1. The second kappa shape index (κ2) is 8.79. The van der Waals surface area contributed by atoms with Crippen molar-refractivity contribution in [3.05, 3.63) is 91.3 Å². The molecule has 0 spiro atoms. The topological polar surface area (TPSA) is 21.6 Å². The van der Waals surface area contributed by atoms with Crippen LogP contribution in [0.25, 0.3) is 0 Å². The van der Waals surface area contributed by atoms with Gasteiger partial charge in [-0.2, -0.15) is 0 Å². The number of hydrogen-bond donors (Lipinski definition) is 0. The summed E-state index contributed by atoms with van der Waals surface area (Å²) in [5, 5.41) is 0. The lowest BCUT2D eigenvalue weighted by molar-refractivity contribution is 0.304. The quantitative estimate of drug-likeness (QED) is 0.321. The highest BCUT2D eigenvalue weighted by Crippen LogP contribution is 2.33. The molecule has 0 saturated heterocycles. The molecule has 25 heavy (non-hydrogen) atoms. The fourth-order valence-electron chi connectivity index (χ4n) is 2.22. The van der Waals surface area contributed by atoms with E-state index >= 15 is 0 Å². The molecule has 0 unspecified atom stereocenters. The first-order chi connectivity index (χ1) is 12.1. The molecule has 126 valence electrons. The van der Waals surface area contributed by atoms with Gasteiger partial charge in [0.1, 0.15) is 12.4 Å². The van der Waals surface area contributed by atoms with Gasteiger partial charge in [0.2, 0.25) is 0 Å². The number of rotatable bonds is 5. The Morgan fingerprint density at radius 3 is 2.28 bits per heavy atom. The van der Waals surface area contributed by atoms with Crippen LogP contribution in [0.5, 0.6) is 5.75 Å². The molecule has 0 heterocycles. The molecule has 0 atom stereocenters. The smallest absolute Gasteiger partial charge is 0.142 e. The molecule has 0 aliphatic carbocycles. The average Bonchev–Trinajstić information content (AvgIpc) is 2.61. The summed E-state index contributed by atoms with van der Waals surface area (Å²) in [6, 6.07) is 21.9. The number of aliphatic imine (C=N–C) groups is 1. The number of hydrogen-bond acceptors (Lipinski definition) is 2.